The third-order valence-corrected chi connectivity index (χ3v) is 3.04. The van der Waals surface area contributed by atoms with Gasteiger partial charge in [0.15, 0.2) is 0 Å². The molecule has 4 nitrogen and oxygen atoms in total. The fourth-order valence-electron chi connectivity index (χ4n) is 2.22. The van der Waals surface area contributed by atoms with Gasteiger partial charge in [-0.25, -0.2) is 0 Å². The van der Waals surface area contributed by atoms with Crippen LogP contribution in [0.25, 0.3) is 11.5 Å². The minimum absolute atomic E-state index is 0.118. The molecule has 1 heterocycles. The van der Waals surface area contributed by atoms with Crippen molar-refractivity contribution in [2.45, 2.75) is 25.7 Å². The predicted octanol–water partition coefficient (Wildman–Crippen LogP) is 2.20. The first-order chi connectivity index (χ1) is 7.83. The van der Waals surface area contributed by atoms with Gasteiger partial charge in [0.25, 0.3) is 0 Å². The average Bonchev–Trinajstić information content (AvgIpc) is 2.75. The third-order valence-electron chi connectivity index (χ3n) is 3.04. The summed E-state index contributed by atoms with van der Waals surface area (Å²) in [6.45, 7) is 0. The van der Waals surface area contributed by atoms with Gasteiger partial charge in [-0.05, 0) is 48.9 Å². The zero-order valence-corrected chi connectivity index (χ0v) is 8.94. The van der Waals surface area contributed by atoms with Crippen molar-refractivity contribution >= 4 is 6.01 Å². The molecule has 2 aromatic rings. The minimum Gasteiger partial charge on any atom is -0.404 e. The van der Waals surface area contributed by atoms with Crippen molar-refractivity contribution in [3.63, 3.8) is 0 Å². The average molecular weight is 215 g/mol. The molecule has 0 amide bonds. The monoisotopic (exact) mass is 215 g/mol. The van der Waals surface area contributed by atoms with E-state index in [2.05, 4.69) is 22.3 Å². The second-order valence-electron chi connectivity index (χ2n) is 4.14. The van der Waals surface area contributed by atoms with Crippen molar-refractivity contribution in [1.82, 2.24) is 10.2 Å². The first kappa shape index (κ1) is 9.39. The van der Waals surface area contributed by atoms with Crippen LogP contribution in [0.4, 0.5) is 6.01 Å². The molecule has 0 unspecified atom stereocenters. The first-order valence-corrected chi connectivity index (χ1v) is 5.54. The van der Waals surface area contributed by atoms with Crippen LogP contribution in [-0.2, 0) is 12.8 Å². The molecule has 0 saturated heterocycles. The Balaban J connectivity index is 2.02. The lowest BCUT2D eigenvalue weighted by molar-refractivity contribution is 0.589. The van der Waals surface area contributed by atoms with Crippen molar-refractivity contribution in [2.24, 2.45) is 0 Å². The highest BCUT2D eigenvalue weighted by Gasteiger charge is 2.12. The van der Waals surface area contributed by atoms with Crippen LogP contribution in [-0.4, -0.2) is 10.2 Å². The van der Waals surface area contributed by atoms with E-state index in [0.717, 1.165) is 12.0 Å². The van der Waals surface area contributed by atoms with Gasteiger partial charge in [0.2, 0.25) is 5.89 Å². The van der Waals surface area contributed by atoms with Crippen LogP contribution < -0.4 is 5.73 Å². The summed E-state index contributed by atoms with van der Waals surface area (Å²) in [6, 6.07) is 6.44. The van der Waals surface area contributed by atoms with Crippen LogP contribution >= 0.6 is 0 Å². The molecule has 2 N–H and O–H groups in total. The Kier molecular flexibility index (Phi) is 2.13. The molecule has 1 aromatic carbocycles. The molecule has 1 aliphatic carbocycles. The largest absolute Gasteiger partial charge is 0.404 e. The number of nitrogens with two attached hydrogens (primary N) is 1. The zero-order valence-electron chi connectivity index (χ0n) is 8.94. The topological polar surface area (TPSA) is 64.9 Å². The van der Waals surface area contributed by atoms with Gasteiger partial charge >= 0.3 is 6.01 Å². The van der Waals surface area contributed by atoms with Gasteiger partial charge < -0.3 is 10.2 Å². The van der Waals surface area contributed by atoms with Crippen LogP contribution in [0.1, 0.15) is 24.0 Å². The Bertz CT molecular complexity index is 519. The van der Waals surface area contributed by atoms with Crippen molar-refractivity contribution in [1.29, 1.82) is 0 Å². The second-order valence-corrected chi connectivity index (χ2v) is 4.14. The Labute approximate surface area is 93.5 Å². The van der Waals surface area contributed by atoms with Crippen LogP contribution in [0.3, 0.4) is 0 Å². The maximum atomic E-state index is 5.41. The number of hydrogen-bond donors (Lipinski definition) is 1. The molecule has 3 rings (SSSR count). The molecule has 82 valence electrons. The fourth-order valence-corrected chi connectivity index (χ4v) is 2.22. The number of aromatic nitrogens is 2. The molecular weight excluding hydrogens is 202 g/mol. The van der Waals surface area contributed by atoms with Gasteiger partial charge in [-0.3, -0.25) is 0 Å². The molecule has 0 spiro atoms. The van der Waals surface area contributed by atoms with E-state index in [1.54, 1.807) is 0 Å². The summed E-state index contributed by atoms with van der Waals surface area (Å²) < 4.78 is 5.22. The van der Waals surface area contributed by atoms with Crippen molar-refractivity contribution in [2.75, 3.05) is 5.73 Å². The first-order valence-electron chi connectivity index (χ1n) is 5.54. The molecule has 0 atom stereocenters. The number of fused-ring (bicyclic) bond motifs is 1. The summed E-state index contributed by atoms with van der Waals surface area (Å²) in [4.78, 5) is 0. The SMILES string of the molecule is Nc1nnc(-c2ccc3c(c2)CCCC3)o1. The van der Waals surface area contributed by atoms with Crippen LogP contribution in [0, 0.1) is 0 Å². The minimum atomic E-state index is 0.118. The Hall–Kier alpha value is -1.84. The van der Waals surface area contributed by atoms with E-state index in [1.807, 2.05) is 6.07 Å². The highest BCUT2D eigenvalue weighted by atomic mass is 16.4. The van der Waals surface area contributed by atoms with Crippen molar-refractivity contribution in [3.8, 4) is 11.5 Å². The van der Waals surface area contributed by atoms with Gasteiger partial charge in [-0.15, -0.1) is 5.10 Å². The van der Waals surface area contributed by atoms with Crippen LogP contribution in [0.15, 0.2) is 22.6 Å². The van der Waals surface area contributed by atoms with E-state index >= 15 is 0 Å². The number of rotatable bonds is 1. The Morgan fingerprint density at radius 3 is 2.62 bits per heavy atom. The van der Waals surface area contributed by atoms with Gasteiger partial charge in [0.1, 0.15) is 0 Å². The van der Waals surface area contributed by atoms with Crippen molar-refractivity contribution < 1.29 is 4.42 Å². The van der Waals surface area contributed by atoms with E-state index in [4.69, 9.17) is 10.2 Å². The molecule has 1 aromatic heterocycles. The van der Waals surface area contributed by atoms with E-state index in [-0.39, 0.29) is 6.01 Å². The molecule has 0 fully saturated rings. The zero-order chi connectivity index (χ0) is 11.0. The standard InChI is InChI=1S/C12H13N3O/c13-12-15-14-11(16-12)10-6-5-8-3-1-2-4-9(8)7-10/h5-7H,1-4H2,(H2,13,15). The van der Waals surface area contributed by atoms with Gasteiger partial charge in [-0.1, -0.05) is 11.2 Å². The molecular formula is C12H13N3O. The molecule has 0 radical (unpaired) electrons. The lowest BCUT2D eigenvalue weighted by atomic mass is 9.90. The Morgan fingerprint density at radius 1 is 1.06 bits per heavy atom. The quantitative estimate of drug-likeness (QED) is 0.792. The lowest BCUT2D eigenvalue weighted by Crippen LogP contribution is -2.02. The van der Waals surface area contributed by atoms with E-state index in [1.165, 1.54) is 30.4 Å². The molecule has 0 bridgehead atoms. The van der Waals surface area contributed by atoms with E-state index < -0.39 is 0 Å². The van der Waals surface area contributed by atoms with Crippen LogP contribution in [0.2, 0.25) is 0 Å². The predicted molar refractivity (Wildman–Crippen MR) is 60.8 cm³/mol. The van der Waals surface area contributed by atoms with Crippen molar-refractivity contribution in [3.05, 3.63) is 29.3 Å². The number of anilines is 1. The third kappa shape index (κ3) is 1.56. The summed E-state index contributed by atoms with van der Waals surface area (Å²) in [5.74, 6) is 0.505. The van der Waals surface area contributed by atoms with E-state index in [0.29, 0.717) is 5.89 Å². The van der Waals surface area contributed by atoms with Gasteiger partial charge in [-0.2, -0.15) is 0 Å². The number of aryl methyl sites for hydroxylation is 2. The summed E-state index contributed by atoms with van der Waals surface area (Å²) >= 11 is 0. The summed E-state index contributed by atoms with van der Waals surface area (Å²) in [7, 11) is 0. The summed E-state index contributed by atoms with van der Waals surface area (Å²) in [5.41, 5.74) is 9.23. The summed E-state index contributed by atoms with van der Waals surface area (Å²) in [6.07, 6.45) is 4.89. The lowest BCUT2D eigenvalue weighted by Gasteiger charge is -2.15. The highest BCUT2D eigenvalue weighted by Crippen LogP contribution is 2.26. The molecule has 16 heavy (non-hydrogen) atoms. The smallest absolute Gasteiger partial charge is 0.313 e. The molecule has 4 heteroatoms. The fraction of sp³-hybridized carbons (Fsp3) is 0.333. The molecule has 0 saturated carbocycles. The van der Waals surface area contributed by atoms with E-state index in [9.17, 15) is 0 Å². The second kappa shape index (κ2) is 3.63. The summed E-state index contributed by atoms with van der Waals surface area (Å²) in [5, 5.41) is 7.56. The maximum Gasteiger partial charge on any atom is 0.313 e. The van der Waals surface area contributed by atoms with Gasteiger partial charge in [0, 0.05) is 5.56 Å². The Morgan fingerprint density at radius 2 is 1.88 bits per heavy atom. The number of nitrogens with zero attached hydrogens (tertiary/aromatic N) is 2. The van der Waals surface area contributed by atoms with Crippen LogP contribution in [0.5, 0.6) is 0 Å². The maximum absolute atomic E-state index is 5.41. The molecule has 1 aliphatic rings. The highest BCUT2D eigenvalue weighted by molar-refractivity contribution is 5.56. The normalized spacial score (nSPS) is 14.8. The molecule has 0 aliphatic heterocycles. The number of hydrogen-bond acceptors (Lipinski definition) is 4. The number of benzene rings is 1. The van der Waals surface area contributed by atoms with Gasteiger partial charge in [0.05, 0.1) is 0 Å². The number of nitrogen functional groups attached to an aromatic ring is 1.